The number of Topliss-reactive ketones (excluding diaryl/α,β-unsaturated/α-hetero) is 1. The number of carbonyl (C=O) groups is 1. The van der Waals surface area contributed by atoms with Crippen molar-refractivity contribution in [2.24, 2.45) is 9.98 Å². The number of H-pyrrole nitrogens is 2. The second-order valence-corrected chi connectivity index (χ2v) is 28.7. The first kappa shape index (κ1) is 53.4. The van der Waals surface area contributed by atoms with Crippen LogP contribution < -0.4 is 10.8 Å². The van der Waals surface area contributed by atoms with E-state index in [0.29, 0.717) is 33.1 Å². The maximum absolute atomic E-state index is 16.2. The molecule has 9 aromatic rings. The third-order valence-corrected chi connectivity index (χ3v) is 18.3. The highest BCUT2D eigenvalue weighted by Gasteiger charge is 2.43. The van der Waals surface area contributed by atoms with Crippen LogP contribution in [0.5, 0.6) is 0 Å². The van der Waals surface area contributed by atoms with E-state index < -0.39 is 12.0 Å². The largest absolute Gasteiger partial charge is 0.358 e. The Morgan fingerprint density at radius 1 is 0.488 bits per heavy atom. The van der Waals surface area contributed by atoms with Crippen molar-refractivity contribution in [2.45, 2.75) is 158 Å². The minimum absolute atomic E-state index is 0.0121. The van der Waals surface area contributed by atoms with Gasteiger partial charge in [-0.2, -0.15) is 0 Å². The van der Waals surface area contributed by atoms with Gasteiger partial charge in [-0.3, -0.25) is 14.6 Å². The van der Waals surface area contributed by atoms with Crippen molar-refractivity contribution in [2.75, 3.05) is 0 Å². The molecule has 412 valence electrons. The SMILES string of the molecule is Cc1cc(C)c(C2=c3cc4c(=O)c5cc(C(C)(C)C)cc6cc(C(C)(C)C)cc(c(c4[nH]3)C3=N/C(=C(/c4c(C)cc(C)cc4C)c4ccc([nH]4)C4c7cc(C(C)(C)C)cc8cc(C(C)(C)C)cc(c78)C(=O)C7=CC2=NC74)C=C3)c65)c(C)c1. The molecule has 2 unspecified atom stereocenters. The van der Waals surface area contributed by atoms with Crippen LogP contribution >= 0.6 is 0 Å². The van der Waals surface area contributed by atoms with Gasteiger partial charge in [-0.25, -0.2) is 4.99 Å². The van der Waals surface area contributed by atoms with E-state index in [-0.39, 0.29) is 32.9 Å². The van der Waals surface area contributed by atoms with Crippen LogP contribution in [0.3, 0.4) is 0 Å². The Kier molecular flexibility index (Phi) is 11.6. The molecule has 6 nitrogen and oxygen atoms in total. The summed E-state index contributed by atoms with van der Waals surface area (Å²) in [4.78, 5) is 52.5. The number of benzene rings is 6. The summed E-state index contributed by atoms with van der Waals surface area (Å²) >= 11 is 0. The first-order chi connectivity index (χ1) is 38.4. The van der Waals surface area contributed by atoms with Gasteiger partial charge in [0, 0.05) is 60.7 Å². The lowest BCUT2D eigenvalue weighted by Crippen LogP contribution is -2.22. The summed E-state index contributed by atoms with van der Waals surface area (Å²) in [7, 11) is 0. The van der Waals surface area contributed by atoms with Crippen molar-refractivity contribution in [1.29, 1.82) is 0 Å². The zero-order valence-electron chi connectivity index (χ0n) is 51.3. The fourth-order valence-corrected chi connectivity index (χ4v) is 14.2. The lowest BCUT2D eigenvalue weighted by atomic mass is 9.78. The summed E-state index contributed by atoms with van der Waals surface area (Å²) in [5, 5.41) is 6.99. The van der Waals surface area contributed by atoms with Crippen molar-refractivity contribution < 1.29 is 4.79 Å². The Morgan fingerprint density at radius 3 is 1.59 bits per heavy atom. The van der Waals surface area contributed by atoms with Crippen molar-refractivity contribution >= 4 is 71.6 Å². The fraction of sp³-hybridized carbons (Fsp3) is 0.316. The third-order valence-electron chi connectivity index (χ3n) is 18.3. The molecule has 6 heteroatoms. The molecule has 13 rings (SSSR count). The number of aromatic amines is 2. The monoisotopic (exact) mass is 1080 g/mol. The molecule has 4 aliphatic rings. The number of ketones is 1. The Labute approximate surface area is 483 Å². The molecule has 1 aliphatic carbocycles. The molecule has 2 aromatic heterocycles. The van der Waals surface area contributed by atoms with Crippen LogP contribution in [-0.4, -0.2) is 33.2 Å². The minimum atomic E-state index is -0.616. The van der Waals surface area contributed by atoms with Gasteiger partial charge in [0.25, 0.3) is 0 Å². The molecule has 0 amide bonds. The lowest BCUT2D eigenvalue weighted by Gasteiger charge is -2.27. The fourth-order valence-electron chi connectivity index (χ4n) is 14.2. The molecule has 0 saturated carbocycles. The van der Waals surface area contributed by atoms with Gasteiger partial charge in [-0.15, -0.1) is 0 Å². The molecular formula is C76H76N4O2. The van der Waals surface area contributed by atoms with Gasteiger partial charge in [0.1, 0.15) is 0 Å². The first-order valence-corrected chi connectivity index (χ1v) is 29.4. The molecule has 2 atom stereocenters. The van der Waals surface area contributed by atoms with Gasteiger partial charge < -0.3 is 9.97 Å². The predicted molar refractivity (Wildman–Crippen MR) is 345 cm³/mol. The van der Waals surface area contributed by atoms with Crippen molar-refractivity contribution in [3.63, 3.8) is 0 Å². The summed E-state index contributed by atoms with van der Waals surface area (Å²) in [6.45, 7) is 40.1. The summed E-state index contributed by atoms with van der Waals surface area (Å²) in [6.07, 6.45) is 6.44. The van der Waals surface area contributed by atoms with E-state index in [0.717, 1.165) is 127 Å². The summed E-state index contributed by atoms with van der Waals surface area (Å²) in [6, 6.07) is 33.2. The maximum atomic E-state index is 16.2. The molecule has 5 heterocycles. The number of hydrogen-bond acceptors (Lipinski definition) is 4. The molecule has 3 aliphatic heterocycles. The summed E-state index contributed by atoms with van der Waals surface area (Å²) in [5.74, 6) is -0.415. The minimum Gasteiger partial charge on any atom is -0.358 e. The van der Waals surface area contributed by atoms with E-state index in [1.165, 1.54) is 16.7 Å². The number of allylic oxidation sites excluding steroid dienone is 3. The van der Waals surface area contributed by atoms with Crippen molar-refractivity contribution in [1.82, 2.24) is 9.97 Å². The number of nitrogens with zero attached hydrogens (tertiary/aromatic N) is 2. The Morgan fingerprint density at radius 2 is 1.01 bits per heavy atom. The predicted octanol–water partition coefficient (Wildman–Crippen LogP) is 17.2. The molecule has 0 radical (unpaired) electrons. The second-order valence-electron chi connectivity index (χ2n) is 28.7. The van der Waals surface area contributed by atoms with Crippen LogP contribution in [-0.2, 0) is 21.7 Å². The molecule has 0 fully saturated rings. The highest BCUT2D eigenvalue weighted by atomic mass is 16.1. The highest BCUT2D eigenvalue weighted by Crippen LogP contribution is 2.49. The van der Waals surface area contributed by atoms with E-state index in [2.05, 4.69) is 244 Å². The molecule has 0 spiro atoms. The molecule has 7 aromatic carbocycles. The van der Waals surface area contributed by atoms with E-state index in [1.807, 2.05) is 0 Å². The number of aromatic nitrogens is 2. The normalized spacial score (nSPS) is 18.2. The number of aryl methyl sites for hydroxylation is 6. The van der Waals surface area contributed by atoms with Crippen LogP contribution in [0.1, 0.15) is 189 Å². The summed E-state index contributed by atoms with van der Waals surface area (Å²) < 4.78 is 0. The standard InChI is InChI=1S/C76H76N4O2/c1-37-23-39(3)61(40(4)24-37)67-57-21-19-55(77-57)65-49-31-45(73(7,8)9)27-43-29-47(75(13,14)15)33-51(63(43)49)71(81)53-35-59(79-69(53)65)68(62-41(5)25-38(2)26-42(62)6)60-36-54-70(80-60)66(56-20-22-58(67)78-56)50-32-46(74(10,11)12)28-44-30-48(76(16,17)18)34-52(64(44)50)72(54)82/h19-36,65,69,77,80H,1-18H3/b67-58+,68-60?. The summed E-state index contributed by atoms with van der Waals surface area (Å²) in [5.41, 5.74) is 22.6. The number of nitrogens with one attached hydrogen (secondary N) is 2. The van der Waals surface area contributed by atoms with Gasteiger partial charge in [0.15, 0.2) is 11.2 Å². The van der Waals surface area contributed by atoms with Crippen molar-refractivity contribution in [3.05, 3.63) is 231 Å². The molecule has 0 saturated heterocycles. The maximum Gasteiger partial charge on any atom is 0.195 e. The molecule has 8 bridgehead atoms. The third kappa shape index (κ3) is 8.24. The van der Waals surface area contributed by atoms with Gasteiger partial charge >= 0.3 is 0 Å². The Balaban J connectivity index is 1.28. The van der Waals surface area contributed by atoms with Crippen LogP contribution in [0.4, 0.5) is 0 Å². The smallest absolute Gasteiger partial charge is 0.195 e. The number of carbonyl (C=O) groups excluding carboxylic acids is 1. The van der Waals surface area contributed by atoms with Crippen molar-refractivity contribution in [3.8, 4) is 0 Å². The average Bonchev–Trinajstić information content (AvgIpc) is 1.71. The van der Waals surface area contributed by atoms with Crippen LogP contribution in [0.25, 0.3) is 54.4 Å². The topological polar surface area (TPSA) is 90.4 Å². The van der Waals surface area contributed by atoms with Crippen LogP contribution in [0, 0.1) is 41.5 Å². The van der Waals surface area contributed by atoms with E-state index in [4.69, 9.17) is 9.98 Å². The second kappa shape index (κ2) is 17.8. The van der Waals surface area contributed by atoms with E-state index in [1.54, 1.807) is 0 Å². The van der Waals surface area contributed by atoms with Gasteiger partial charge in [-0.05, 0) is 201 Å². The molecule has 2 N–H and O–H groups in total. The Bertz CT molecular complexity index is 4640. The average molecular weight is 1080 g/mol. The number of rotatable bonds is 2. The number of hydrogen-bond donors (Lipinski definition) is 2. The molecular weight excluding hydrogens is 1000 g/mol. The van der Waals surface area contributed by atoms with Gasteiger partial charge in [0.2, 0.25) is 0 Å². The van der Waals surface area contributed by atoms with E-state index >= 15 is 9.59 Å². The van der Waals surface area contributed by atoms with E-state index in [9.17, 15) is 0 Å². The zero-order valence-corrected chi connectivity index (χ0v) is 51.3. The van der Waals surface area contributed by atoms with Crippen LogP contribution in [0.15, 0.2) is 135 Å². The first-order valence-electron chi connectivity index (χ1n) is 29.4. The highest BCUT2D eigenvalue weighted by molar-refractivity contribution is 6.35. The van der Waals surface area contributed by atoms with Crippen LogP contribution in [0.2, 0.25) is 0 Å². The van der Waals surface area contributed by atoms with Gasteiger partial charge in [0.05, 0.1) is 34.6 Å². The zero-order chi connectivity index (χ0) is 58.3. The quantitative estimate of drug-likeness (QED) is 0.181. The molecule has 82 heavy (non-hydrogen) atoms. The number of aliphatic imine (C=N–C) groups is 2. The number of fused-ring (bicyclic) bond motifs is 8. The lowest BCUT2D eigenvalue weighted by molar-refractivity contribution is 0.103. The van der Waals surface area contributed by atoms with Gasteiger partial charge in [-0.1, -0.05) is 149 Å². The Hall–Kier alpha value is -7.96.